The van der Waals surface area contributed by atoms with Crippen LogP contribution in [0.1, 0.15) is 51.2 Å². The zero-order valence-corrected chi connectivity index (χ0v) is 15.9. The first-order valence-corrected chi connectivity index (χ1v) is 8.88. The average Bonchev–Trinajstić information content (AvgIpc) is 3.30. The van der Waals surface area contributed by atoms with E-state index < -0.39 is 0 Å². The second kappa shape index (κ2) is 8.28. The smallest absolute Gasteiger partial charge is 0.306 e. The molecule has 0 aliphatic heterocycles. The maximum absolute atomic E-state index is 12.9. The number of rotatable bonds is 7. The Kier molecular flexibility index (Phi) is 5.81. The van der Waals surface area contributed by atoms with Crippen LogP contribution in [-0.4, -0.2) is 26.3 Å². The Morgan fingerprint density at radius 1 is 1.11 bits per heavy atom. The molecule has 0 N–H and O–H groups in total. The van der Waals surface area contributed by atoms with Gasteiger partial charge in [0.25, 0.3) is 5.89 Å². The van der Waals surface area contributed by atoms with E-state index in [4.69, 9.17) is 13.8 Å². The molecule has 0 amide bonds. The lowest BCUT2D eigenvalue weighted by Gasteiger charge is -2.10. The maximum atomic E-state index is 12.9. The third-order valence-corrected chi connectivity index (χ3v) is 3.83. The van der Waals surface area contributed by atoms with Crippen molar-refractivity contribution >= 4 is 5.97 Å². The molecule has 0 aliphatic rings. The first kappa shape index (κ1) is 19.7. The number of ether oxygens (including phenoxy) is 1. The zero-order chi connectivity index (χ0) is 20.1. The van der Waals surface area contributed by atoms with Gasteiger partial charge in [0.05, 0.1) is 0 Å². The van der Waals surface area contributed by atoms with Gasteiger partial charge in [0.1, 0.15) is 5.82 Å². The molecule has 2 aromatic heterocycles. The third kappa shape index (κ3) is 5.21. The van der Waals surface area contributed by atoms with E-state index in [-0.39, 0.29) is 41.9 Å². The lowest BCUT2D eigenvalue weighted by molar-refractivity contribution is -0.145. The molecule has 0 atom stereocenters. The minimum atomic E-state index is -0.385. The topological polar surface area (TPSA) is 104 Å². The highest BCUT2D eigenvalue weighted by Gasteiger charge is 2.21. The predicted molar refractivity (Wildman–Crippen MR) is 95.4 cm³/mol. The number of aromatic nitrogens is 4. The Morgan fingerprint density at radius 2 is 1.86 bits per heavy atom. The van der Waals surface area contributed by atoms with Crippen molar-refractivity contribution < 1.29 is 23.0 Å². The van der Waals surface area contributed by atoms with E-state index in [1.807, 2.05) is 20.8 Å². The zero-order valence-electron chi connectivity index (χ0n) is 15.9. The Balaban J connectivity index is 1.42. The molecule has 0 bridgehead atoms. The van der Waals surface area contributed by atoms with Crippen LogP contribution in [-0.2, 0) is 28.0 Å². The van der Waals surface area contributed by atoms with Gasteiger partial charge in [-0.3, -0.25) is 4.79 Å². The number of esters is 1. The van der Waals surface area contributed by atoms with E-state index in [2.05, 4.69) is 20.3 Å². The second-order valence-electron chi connectivity index (χ2n) is 7.30. The Labute approximate surface area is 161 Å². The largest absolute Gasteiger partial charge is 0.457 e. The highest BCUT2D eigenvalue weighted by atomic mass is 19.1. The second-order valence-corrected chi connectivity index (χ2v) is 7.30. The number of nitrogens with zero attached hydrogens (tertiary/aromatic N) is 4. The van der Waals surface area contributed by atoms with Crippen molar-refractivity contribution in [3.05, 3.63) is 47.6 Å². The van der Waals surface area contributed by atoms with Crippen LogP contribution in [0.3, 0.4) is 0 Å². The summed E-state index contributed by atoms with van der Waals surface area (Å²) < 4.78 is 28.4. The van der Waals surface area contributed by atoms with Crippen LogP contribution in [0.25, 0.3) is 11.5 Å². The number of hydrogen-bond acceptors (Lipinski definition) is 8. The van der Waals surface area contributed by atoms with Crippen molar-refractivity contribution in [1.82, 2.24) is 20.3 Å². The summed E-state index contributed by atoms with van der Waals surface area (Å²) in [5, 5.41) is 7.69. The third-order valence-electron chi connectivity index (χ3n) is 3.83. The normalized spacial score (nSPS) is 11.6. The molecule has 148 valence electrons. The van der Waals surface area contributed by atoms with Crippen LogP contribution in [0.15, 0.2) is 33.3 Å². The van der Waals surface area contributed by atoms with Gasteiger partial charge in [0, 0.05) is 23.8 Å². The van der Waals surface area contributed by atoms with Crippen LogP contribution < -0.4 is 0 Å². The van der Waals surface area contributed by atoms with Gasteiger partial charge in [-0.2, -0.15) is 9.97 Å². The number of benzene rings is 1. The van der Waals surface area contributed by atoms with Gasteiger partial charge in [0.2, 0.25) is 11.7 Å². The maximum Gasteiger partial charge on any atom is 0.306 e. The number of carbonyl (C=O) groups excluding carboxylic acids is 1. The van der Waals surface area contributed by atoms with Crippen molar-refractivity contribution in [2.75, 3.05) is 0 Å². The lowest BCUT2D eigenvalue weighted by atomic mass is 9.96. The van der Waals surface area contributed by atoms with Gasteiger partial charge in [-0.25, -0.2) is 4.39 Å². The van der Waals surface area contributed by atoms with Crippen molar-refractivity contribution in [2.45, 2.75) is 52.1 Å². The minimum absolute atomic E-state index is 0.0990. The molecule has 8 nitrogen and oxygen atoms in total. The van der Waals surface area contributed by atoms with E-state index >= 15 is 0 Å². The first-order valence-electron chi connectivity index (χ1n) is 8.88. The summed E-state index contributed by atoms with van der Waals surface area (Å²) in [5.41, 5.74) is 0.401. The molecule has 0 fully saturated rings. The summed E-state index contributed by atoms with van der Waals surface area (Å²) in [4.78, 5) is 20.3. The summed E-state index contributed by atoms with van der Waals surface area (Å²) in [7, 11) is 0. The Bertz CT molecular complexity index is 928. The monoisotopic (exact) mass is 388 g/mol. The van der Waals surface area contributed by atoms with E-state index in [9.17, 15) is 9.18 Å². The van der Waals surface area contributed by atoms with Gasteiger partial charge in [0.15, 0.2) is 12.4 Å². The molecule has 0 spiro atoms. The van der Waals surface area contributed by atoms with E-state index in [1.165, 1.54) is 24.3 Å². The molecule has 0 unspecified atom stereocenters. The van der Waals surface area contributed by atoms with Gasteiger partial charge >= 0.3 is 5.97 Å². The number of hydrogen-bond donors (Lipinski definition) is 0. The summed E-state index contributed by atoms with van der Waals surface area (Å²) in [6.07, 6.45) is 1.22. The average molecular weight is 388 g/mol. The highest BCUT2D eigenvalue weighted by Crippen LogP contribution is 2.19. The van der Waals surface area contributed by atoms with E-state index in [0.29, 0.717) is 30.1 Å². The molecule has 3 rings (SSSR count). The molecule has 0 saturated heterocycles. The Morgan fingerprint density at radius 3 is 2.54 bits per heavy atom. The molecule has 1 aromatic carbocycles. The number of halogens is 1. The predicted octanol–water partition coefficient (Wildman–Crippen LogP) is 3.62. The molecule has 9 heteroatoms. The van der Waals surface area contributed by atoms with Crippen LogP contribution in [0, 0.1) is 5.82 Å². The fourth-order valence-electron chi connectivity index (χ4n) is 2.28. The van der Waals surface area contributed by atoms with Crippen LogP contribution >= 0.6 is 0 Å². The van der Waals surface area contributed by atoms with Gasteiger partial charge in [-0.1, -0.05) is 31.1 Å². The molecule has 0 radical (unpaired) electrons. The highest BCUT2D eigenvalue weighted by molar-refractivity contribution is 5.69. The van der Waals surface area contributed by atoms with Crippen molar-refractivity contribution in [2.24, 2.45) is 0 Å². The lowest BCUT2D eigenvalue weighted by Crippen LogP contribution is -2.13. The summed E-state index contributed by atoms with van der Waals surface area (Å²) in [6.45, 7) is 5.90. The van der Waals surface area contributed by atoms with Gasteiger partial charge in [-0.15, -0.1) is 0 Å². The van der Waals surface area contributed by atoms with Crippen LogP contribution in [0.2, 0.25) is 0 Å². The van der Waals surface area contributed by atoms with Crippen LogP contribution in [0.5, 0.6) is 0 Å². The molecule has 28 heavy (non-hydrogen) atoms. The van der Waals surface area contributed by atoms with Crippen molar-refractivity contribution in [3.63, 3.8) is 0 Å². The number of aryl methyl sites for hydroxylation is 1. The molecule has 3 aromatic rings. The first-order chi connectivity index (χ1) is 13.3. The van der Waals surface area contributed by atoms with Crippen molar-refractivity contribution in [3.8, 4) is 11.5 Å². The number of carbonyl (C=O) groups is 1. The summed E-state index contributed by atoms with van der Waals surface area (Å²) in [6, 6.07) is 5.66. The Hall–Kier alpha value is -3.10. The molecular weight excluding hydrogens is 367 g/mol. The van der Waals surface area contributed by atoms with E-state index in [0.717, 1.165) is 0 Å². The van der Waals surface area contributed by atoms with E-state index in [1.54, 1.807) is 0 Å². The molecule has 2 heterocycles. The van der Waals surface area contributed by atoms with Gasteiger partial charge < -0.3 is 13.8 Å². The molecule has 0 aliphatic carbocycles. The van der Waals surface area contributed by atoms with Gasteiger partial charge in [-0.05, 0) is 30.7 Å². The van der Waals surface area contributed by atoms with Crippen LogP contribution in [0.4, 0.5) is 4.39 Å². The quantitative estimate of drug-likeness (QED) is 0.565. The standard InChI is InChI=1S/C19H21FN4O4/c1-19(2,3)18-22-15(27-24-18)5-4-6-16(25)26-11-14-21-17(28-23-14)12-7-9-13(20)10-8-12/h7-10H,4-6,11H2,1-3H3. The fourth-order valence-corrected chi connectivity index (χ4v) is 2.28. The molecule has 0 saturated carbocycles. The summed E-state index contributed by atoms with van der Waals surface area (Å²) >= 11 is 0. The fraction of sp³-hybridized carbons (Fsp3) is 0.421. The SMILES string of the molecule is CC(C)(C)c1noc(CCCC(=O)OCc2noc(-c3ccc(F)cc3)n2)n1. The molecular formula is C19H21FN4O4. The van der Waals surface area contributed by atoms with Crippen molar-refractivity contribution in [1.29, 1.82) is 0 Å². The summed E-state index contributed by atoms with van der Waals surface area (Å²) in [5.74, 6) is 0.867. The minimum Gasteiger partial charge on any atom is -0.457 e.